The number of anilines is 1. The molecule has 2 unspecified atom stereocenters. The molecule has 20 heavy (non-hydrogen) atoms. The van der Waals surface area contributed by atoms with Crippen LogP contribution in [0.3, 0.4) is 0 Å². The molecule has 2 N–H and O–H groups in total. The average molecular weight is 270 g/mol. The summed E-state index contributed by atoms with van der Waals surface area (Å²) in [6.45, 7) is 3.42. The highest BCUT2D eigenvalue weighted by Crippen LogP contribution is 2.22. The van der Waals surface area contributed by atoms with E-state index in [-0.39, 0.29) is 0 Å². The van der Waals surface area contributed by atoms with Crippen LogP contribution in [0.25, 0.3) is 5.69 Å². The lowest BCUT2D eigenvalue weighted by atomic mass is 10.1. The first-order chi connectivity index (χ1) is 9.83. The van der Waals surface area contributed by atoms with Crippen molar-refractivity contribution in [3.05, 3.63) is 43.0 Å². The van der Waals surface area contributed by atoms with Crippen LogP contribution in [0.4, 0.5) is 5.69 Å². The molecule has 4 heteroatoms. The minimum absolute atomic E-state index is 0.454. The van der Waals surface area contributed by atoms with Crippen molar-refractivity contribution >= 4 is 5.69 Å². The van der Waals surface area contributed by atoms with Gasteiger partial charge in [-0.05, 0) is 44.9 Å². The lowest BCUT2D eigenvalue weighted by molar-refractivity contribution is 0.523. The Balaban J connectivity index is 1.70. The predicted octanol–water partition coefficient (Wildman–Crippen LogP) is 2.81. The van der Waals surface area contributed by atoms with Crippen molar-refractivity contribution in [3.63, 3.8) is 0 Å². The van der Waals surface area contributed by atoms with Crippen molar-refractivity contribution in [2.75, 3.05) is 11.9 Å². The first-order valence-corrected chi connectivity index (χ1v) is 7.40. The number of para-hydroxylation sites is 2. The summed E-state index contributed by atoms with van der Waals surface area (Å²) in [7, 11) is 0. The monoisotopic (exact) mass is 270 g/mol. The molecule has 3 rings (SSSR count). The van der Waals surface area contributed by atoms with Crippen molar-refractivity contribution in [1.82, 2.24) is 14.9 Å². The summed E-state index contributed by atoms with van der Waals surface area (Å²) in [5.74, 6) is 0. The maximum atomic E-state index is 4.13. The van der Waals surface area contributed by atoms with Gasteiger partial charge in [-0.1, -0.05) is 12.1 Å². The number of nitrogens with zero attached hydrogens (tertiary/aromatic N) is 2. The van der Waals surface area contributed by atoms with Gasteiger partial charge in [0.05, 0.1) is 17.7 Å². The van der Waals surface area contributed by atoms with E-state index in [9.17, 15) is 0 Å². The number of aromatic nitrogens is 2. The van der Waals surface area contributed by atoms with E-state index < -0.39 is 0 Å². The van der Waals surface area contributed by atoms with Crippen LogP contribution in [0, 0.1) is 0 Å². The third kappa shape index (κ3) is 3.02. The zero-order valence-electron chi connectivity index (χ0n) is 11.9. The number of benzene rings is 1. The third-order valence-corrected chi connectivity index (χ3v) is 3.89. The maximum Gasteiger partial charge on any atom is 0.0992 e. The average Bonchev–Trinajstić information content (AvgIpc) is 3.11. The first kappa shape index (κ1) is 13.2. The molecule has 106 valence electrons. The van der Waals surface area contributed by atoms with Gasteiger partial charge in [-0.2, -0.15) is 0 Å². The molecule has 0 bridgehead atoms. The van der Waals surface area contributed by atoms with Crippen LogP contribution in [0.1, 0.15) is 26.2 Å². The standard InChI is InChI=1S/C16H22N4/c1-13(11-14-5-4-8-18-14)19-15-6-2-3-7-16(15)20-10-9-17-12-20/h2-3,6-7,9-10,12-14,18-19H,4-5,8,11H2,1H3. The van der Waals surface area contributed by atoms with Gasteiger partial charge >= 0.3 is 0 Å². The fourth-order valence-electron chi connectivity index (χ4n) is 2.93. The molecule has 4 nitrogen and oxygen atoms in total. The number of imidazole rings is 1. The summed E-state index contributed by atoms with van der Waals surface area (Å²) >= 11 is 0. The summed E-state index contributed by atoms with van der Waals surface area (Å²) in [5, 5.41) is 7.20. The van der Waals surface area contributed by atoms with Gasteiger partial charge in [-0.3, -0.25) is 0 Å². The lowest BCUT2D eigenvalue weighted by Gasteiger charge is -2.21. The zero-order chi connectivity index (χ0) is 13.8. The Morgan fingerprint density at radius 1 is 1.45 bits per heavy atom. The molecule has 1 aliphatic heterocycles. The summed E-state index contributed by atoms with van der Waals surface area (Å²) in [6.07, 6.45) is 9.40. The highest BCUT2D eigenvalue weighted by atomic mass is 15.1. The molecular formula is C16H22N4. The van der Waals surface area contributed by atoms with E-state index in [1.807, 2.05) is 23.3 Å². The predicted molar refractivity (Wildman–Crippen MR) is 82.3 cm³/mol. The number of hydrogen-bond acceptors (Lipinski definition) is 3. The Kier molecular flexibility index (Phi) is 4.02. The second-order valence-electron chi connectivity index (χ2n) is 5.56. The van der Waals surface area contributed by atoms with Crippen LogP contribution in [0.5, 0.6) is 0 Å². The van der Waals surface area contributed by atoms with Crippen LogP contribution in [0.2, 0.25) is 0 Å². The van der Waals surface area contributed by atoms with Crippen LogP contribution >= 0.6 is 0 Å². The number of hydrogen-bond donors (Lipinski definition) is 2. The second-order valence-corrected chi connectivity index (χ2v) is 5.56. The van der Waals surface area contributed by atoms with Gasteiger partial charge in [0.15, 0.2) is 0 Å². The molecule has 1 aromatic heterocycles. The van der Waals surface area contributed by atoms with Gasteiger partial charge in [0.2, 0.25) is 0 Å². The minimum Gasteiger partial charge on any atom is -0.381 e. The molecule has 0 saturated carbocycles. The quantitative estimate of drug-likeness (QED) is 0.878. The maximum absolute atomic E-state index is 4.13. The molecule has 1 aliphatic rings. The Morgan fingerprint density at radius 3 is 3.10 bits per heavy atom. The van der Waals surface area contributed by atoms with E-state index >= 15 is 0 Å². The molecule has 1 aromatic carbocycles. The van der Waals surface area contributed by atoms with Gasteiger partial charge in [0.1, 0.15) is 0 Å². The Bertz CT molecular complexity index is 529. The molecule has 1 saturated heterocycles. The van der Waals surface area contributed by atoms with Crippen LogP contribution < -0.4 is 10.6 Å². The van der Waals surface area contributed by atoms with Crippen molar-refractivity contribution in [2.45, 2.75) is 38.3 Å². The fourth-order valence-corrected chi connectivity index (χ4v) is 2.93. The van der Waals surface area contributed by atoms with Crippen LogP contribution in [0.15, 0.2) is 43.0 Å². The summed E-state index contributed by atoms with van der Waals surface area (Å²) in [6, 6.07) is 9.50. The molecule has 0 radical (unpaired) electrons. The molecule has 2 aromatic rings. The van der Waals surface area contributed by atoms with Crippen molar-refractivity contribution in [3.8, 4) is 5.69 Å². The van der Waals surface area contributed by atoms with Crippen molar-refractivity contribution < 1.29 is 0 Å². The van der Waals surface area contributed by atoms with E-state index in [1.54, 1.807) is 0 Å². The molecule has 0 spiro atoms. The topological polar surface area (TPSA) is 41.9 Å². The SMILES string of the molecule is CC(CC1CCCN1)Nc1ccccc1-n1ccnc1. The minimum atomic E-state index is 0.454. The fraction of sp³-hybridized carbons (Fsp3) is 0.438. The normalized spacial score (nSPS) is 19.9. The molecule has 2 heterocycles. The molecule has 0 aliphatic carbocycles. The van der Waals surface area contributed by atoms with Crippen LogP contribution in [-0.2, 0) is 0 Å². The first-order valence-electron chi connectivity index (χ1n) is 7.40. The summed E-state index contributed by atoms with van der Waals surface area (Å²) in [4.78, 5) is 4.13. The molecule has 2 atom stereocenters. The smallest absolute Gasteiger partial charge is 0.0992 e. The number of rotatable bonds is 5. The highest BCUT2D eigenvalue weighted by Gasteiger charge is 2.17. The van der Waals surface area contributed by atoms with E-state index in [1.165, 1.54) is 19.4 Å². The molecular weight excluding hydrogens is 248 g/mol. The summed E-state index contributed by atoms with van der Waals surface area (Å²) in [5.41, 5.74) is 2.31. The van der Waals surface area contributed by atoms with E-state index in [4.69, 9.17) is 0 Å². The van der Waals surface area contributed by atoms with E-state index in [0.29, 0.717) is 12.1 Å². The molecule has 1 fully saturated rings. The lowest BCUT2D eigenvalue weighted by Crippen LogP contribution is -2.29. The Morgan fingerprint density at radius 2 is 2.35 bits per heavy atom. The zero-order valence-corrected chi connectivity index (χ0v) is 11.9. The van der Waals surface area contributed by atoms with Gasteiger partial charge < -0.3 is 15.2 Å². The summed E-state index contributed by atoms with van der Waals surface area (Å²) < 4.78 is 2.04. The van der Waals surface area contributed by atoms with Gasteiger partial charge in [-0.15, -0.1) is 0 Å². The number of nitrogens with one attached hydrogen (secondary N) is 2. The van der Waals surface area contributed by atoms with Gasteiger partial charge in [0, 0.05) is 24.5 Å². The van der Waals surface area contributed by atoms with Crippen LogP contribution in [-0.4, -0.2) is 28.2 Å². The van der Waals surface area contributed by atoms with E-state index in [0.717, 1.165) is 17.8 Å². The third-order valence-electron chi connectivity index (χ3n) is 3.89. The van der Waals surface area contributed by atoms with E-state index in [2.05, 4.69) is 46.8 Å². The van der Waals surface area contributed by atoms with Gasteiger partial charge in [-0.25, -0.2) is 4.98 Å². The van der Waals surface area contributed by atoms with Crippen molar-refractivity contribution in [2.24, 2.45) is 0 Å². The Hall–Kier alpha value is -1.81. The largest absolute Gasteiger partial charge is 0.381 e. The highest BCUT2D eigenvalue weighted by molar-refractivity contribution is 5.61. The Labute approximate surface area is 120 Å². The second kappa shape index (κ2) is 6.09. The van der Waals surface area contributed by atoms with Crippen molar-refractivity contribution in [1.29, 1.82) is 0 Å². The molecule has 0 amide bonds. The van der Waals surface area contributed by atoms with Gasteiger partial charge in [0.25, 0.3) is 0 Å².